The van der Waals surface area contributed by atoms with Crippen LogP contribution in [0.4, 0.5) is 0 Å². The van der Waals surface area contributed by atoms with Gasteiger partial charge in [-0.2, -0.15) is 0 Å². The number of allylic oxidation sites excluding steroid dienone is 1. The molecule has 0 radical (unpaired) electrons. The molecule has 0 amide bonds. The molecule has 88 valence electrons. The maximum Gasteiger partial charge on any atom is 0.0436 e. The Morgan fingerprint density at radius 1 is 1.12 bits per heavy atom. The van der Waals surface area contributed by atoms with Crippen molar-refractivity contribution in [1.82, 2.24) is 0 Å². The molecule has 0 aliphatic rings. The van der Waals surface area contributed by atoms with E-state index in [0.717, 1.165) is 12.8 Å². The molecule has 0 spiro atoms. The highest BCUT2D eigenvalue weighted by molar-refractivity contribution is 5.19. The molecule has 0 saturated heterocycles. The average molecular weight is 218 g/mol. The van der Waals surface area contributed by atoms with E-state index in [9.17, 15) is 0 Å². The van der Waals surface area contributed by atoms with E-state index < -0.39 is 0 Å². The van der Waals surface area contributed by atoms with E-state index in [1.165, 1.54) is 24.8 Å². The molecule has 0 aliphatic heterocycles. The van der Waals surface area contributed by atoms with Crippen molar-refractivity contribution in [2.45, 2.75) is 38.0 Å². The Labute approximate surface area is 98.8 Å². The van der Waals surface area contributed by atoms with Crippen LogP contribution in [0.2, 0.25) is 0 Å². The lowest BCUT2D eigenvalue weighted by Gasteiger charge is -2.15. The van der Waals surface area contributed by atoms with Crippen molar-refractivity contribution < 1.29 is 5.11 Å². The second-order valence-corrected chi connectivity index (χ2v) is 4.19. The Hall–Kier alpha value is -1.08. The van der Waals surface area contributed by atoms with Crippen molar-refractivity contribution in [1.29, 1.82) is 0 Å². The molecule has 1 aromatic rings. The van der Waals surface area contributed by atoms with E-state index in [1.54, 1.807) is 0 Å². The van der Waals surface area contributed by atoms with Crippen LogP contribution in [0.25, 0.3) is 0 Å². The molecule has 1 rings (SSSR count). The van der Waals surface area contributed by atoms with E-state index in [0.29, 0.717) is 5.92 Å². The Bertz CT molecular complexity index is 279. The van der Waals surface area contributed by atoms with Gasteiger partial charge in [0.1, 0.15) is 0 Å². The smallest absolute Gasteiger partial charge is 0.0436 e. The minimum atomic E-state index is 0.279. The minimum absolute atomic E-state index is 0.279. The largest absolute Gasteiger partial charge is 0.396 e. The quantitative estimate of drug-likeness (QED) is 0.518. The van der Waals surface area contributed by atoms with Crippen LogP contribution < -0.4 is 0 Å². The highest BCUT2D eigenvalue weighted by Crippen LogP contribution is 2.25. The monoisotopic (exact) mass is 218 g/mol. The van der Waals surface area contributed by atoms with Gasteiger partial charge in [-0.25, -0.2) is 0 Å². The number of aliphatic hydroxyl groups excluding tert-OH is 1. The van der Waals surface area contributed by atoms with Gasteiger partial charge in [0.15, 0.2) is 0 Å². The summed E-state index contributed by atoms with van der Waals surface area (Å²) in [4.78, 5) is 0. The van der Waals surface area contributed by atoms with Gasteiger partial charge in [-0.15, -0.1) is 6.58 Å². The third kappa shape index (κ3) is 4.63. The maximum atomic E-state index is 9.08. The van der Waals surface area contributed by atoms with Gasteiger partial charge >= 0.3 is 0 Å². The van der Waals surface area contributed by atoms with Gasteiger partial charge < -0.3 is 5.11 Å². The van der Waals surface area contributed by atoms with Crippen LogP contribution in [0, 0.1) is 0 Å². The second kappa shape index (κ2) is 8.12. The van der Waals surface area contributed by atoms with Crippen molar-refractivity contribution >= 4 is 0 Å². The van der Waals surface area contributed by atoms with Gasteiger partial charge in [0.2, 0.25) is 0 Å². The predicted molar refractivity (Wildman–Crippen MR) is 69.6 cm³/mol. The molecular formula is C15H22O. The second-order valence-electron chi connectivity index (χ2n) is 4.19. The van der Waals surface area contributed by atoms with E-state index in [4.69, 9.17) is 5.11 Å². The summed E-state index contributed by atoms with van der Waals surface area (Å²) in [5.74, 6) is 0.510. The Morgan fingerprint density at radius 3 is 2.50 bits per heavy atom. The van der Waals surface area contributed by atoms with E-state index in [1.807, 2.05) is 12.1 Å². The fourth-order valence-electron chi connectivity index (χ4n) is 2.04. The molecule has 1 unspecified atom stereocenters. The lowest BCUT2D eigenvalue weighted by Crippen LogP contribution is -2.01. The molecule has 0 fully saturated rings. The first kappa shape index (κ1) is 13.0. The molecule has 1 aromatic carbocycles. The van der Waals surface area contributed by atoms with Gasteiger partial charge in [-0.3, -0.25) is 0 Å². The molecule has 0 heterocycles. The zero-order chi connectivity index (χ0) is 11.6. The van der Waals surface area contributed by atoms with Crippen LogP contribution in [-0.4, -0.2) is 11.7 Å². The van der Waals surface area contributed by atoms with Gasteiger partial charge in [-0.05, 0) is 37.2 Å². The van der Waals surface area contributed by atoms with Gasteiger partial charge in [-0.1, -0.05) is 42.8 Å². The summed E-state index contributed by atoms with van der Waals surface area (Å²) in [5.41, 5.74) is 1.36. The van der Waals surface area contributed by atoms with Crippen molar-refractivity contribution in [3.05, 3.63) is 48.6 Å². The topological polar surface area (TPSA) is 20.2 Å². The molecule has 1 heteroatoms. The van der Waals surface area contributed by atoms with Gasteiger partial charge in [0.25, 0.3) is 0 Å². The first-order valence-corrected chi connectivity index (χ1v) is 6.15. The van der Waals surface area contributed by atoms with Crippen LogP contribution >= 0.6 is 0 Å². The number of hydrogen-bond acceptors (Lipinski definition) is 1. The molecule has 1 nitrogen and oxygen atoms in total. The Kier molecular flexibility index (Phi) is 6.59. The van der Waals surface area contributed by atoms with Crippen molar-refractivity contribution in [3.8, 4) is 0 Å². The third-order valence-corrected chi connectivity index (χ3v) is 2.96. The number of hydrogen-bond donors (Lipinski definition) is 1. The highest BCUT2D eigenvalue weighted by atomic mass is 16.3. The summed E-state index contributed by atoms with van der Waals surface area (Å²) in [6, 6.07) is 10.5. The summed E-state index contributed by atoms with van der Waals surface area (Å²) in [6.07, 6.45) is 7.53. The summed E-state index contributed by atoms with van der Waals surface area (Å²) < 4.78 is 0. The van der Waals surface area contributed by atoms with Gasteiger partial charge in [0.05, 0.1) is 0 Å². The molecule has 0 aliphatic carbocycles. The average Bonchev–Trinajstić information content (AvgIpc) is 2.34. The number of unbranched alkanes of at least 4 members (excludes halogenated alkanes) is 2. The molecule has 0 aromatic heterocycles. The number of aliphatic hydroxyl groups is 1. The minimum Gasteiger partial charge on any atom is -0.396 e. The molecule has 0 saturated carbocycles. The standard InChI is InChI=1S/C15H22O/c1-2-3-4-6-11-15(12-13-16)14-9-7-5-8-10-14/h2,5,7-10,15-16H,1,3-4,6,11-13H2. The lowest BCUT2D eigenvalue weighted by molar-refractivity contribution is 0.271. The fraction of sp³-hybridized carbons (Fsp3) is 0.467. The van der Waals surface area contributed by atoms with Crippen LogP contribution in [0.1, 0.15) is 43.6 Å². The number of benzene rings is 1. The maximum absolute atomic E-state index is 9.08. The summed E-state index contributed by atoms with van der Waals surface area (Å²) >= 11 is 0. The Balaban J connectivity index is 2.44. The van der Waals surface area contributed by atoms with Crippen LogP contribution in [0.5, 0.6) is 0 Å². The summed E-state index contributed by atoms with van der Waals surface area (Å²) in [6.45, 7) is 4.01. The van der Waals surface area contributed by atoms with Crippen molar-refractivity contribution in [2.24, 2.45) is 0 Å². The predicted octanol–water partition coefficient (Wildman–Crippen LogP) is 3.90. The lowest BCUT2D eigenvalue weighted by atomic mass is 9.91. The van der Waals surface area contributed by atoms with Crippen molar-refractivity contribution in [2.75, 3.05) is 6.61 Å². The molecule has 1 N–H and O–H groups in total. The van der Waals surface area contributed by atoms with Crippen LogP contribution in [0.15, 0.2) is 43.0 Å². The SMILES string of the molecule is C=CCCCCC(CCO)c1ccccc1. The van der Waals surface area contributed by atoms with Crippen molar-refractivity contribution in [3.63, 3.8) is 0 Å². The fourth-order valence-corrected chi connectivity index (χ4v) is 2.04. The van der Waals surface area contributed by atoms with Gasteiger partial charge in [0, 0.05) is 6.61 Å². The normalized spacial score (nSPS) is 12.3. The number of rotatable bonds is 8. The highest BCUT2D eigenvalue weighted by Gasteiger charge is 2.09. The van der Waals surface area contributed by atoms with E-state index in [-0.39, 0.29) is 6.61 Å². The first-order valence-electron chi connectivity index (χ1n) is 6.15. The van der Waals surface area contributed by atoms with E-state index >= 15 is 0 Å². The molecule has 1 atom stereocenters. The Morgan fingerprint density at radius 2 is 1.88 bits per heavy atom. The van der Waals surface area contributed by atoms with E-state index in [2.05, 4.69) is 30.8 Å². The summed E-state index contributed by atoms with van der Waals surface area (Å²) in [5, 5.41) is 9.08. The zero-order valence-corrected chi connectivity index (χ0v) is 9.94. The summed E-state index contributed by atoms with van der Waals surface area (Å²) in [7, 11) is 0. The third-order valence-electron chi connectivity index (χ3n) is 2.96. The molecular weight excluding hydrogens is 196 g/mol. The van der Waals surface area contributed by atoms with Crippen LogP contribution in [-0.2, 0) is 0 Å². The first-order chi connectivity index (χ1) is 7.88. The molecule has 16 heavy (non-hydrogen) atoms. The van der Waals surface area contributed by atoms with Crippen LogP contribution in [0.3, 0.4) is 0 Å². The zero-order valence-electron chi connectivity index (χ0n) is 9.94. The molecule has 0 bridgehead atoms.